The zero-order valence-corrected chi connectivity index (χ0v) is 15.5. The minimum atomic E-state index is -3.78. The molecule has 6 nitrogen and oxygen atoms in total. The molecule has 134 valence electrons. The van der Waals surface area contributed by atoms with Crippen molar-refractivity contribution in [1.29, 1.82) is 0 Å². The predicted molar refractivity (Wildman–Crippen MR) is 98.7 cm³/mol. The molecule has 0 radical (unpaired) electrons. The molecule has 0 unspecified atom stereocenters. The Labute approximate surface area is 156 Å². The van der Waals surface area contributed by atoms with Crippen LogP contribution >= 0.6 is 11.6 Å². The largest absolute Gasteiger partial charge is 0.339 e. The molecule has 1 N–H and O–H groups in total. The Bertz CT molecular complexity index is 1070. The molecule has 0 atom stereocenters. The van der Waals surface area contributed by atoms with Crippen molar-refractivity contribution in [3.05, 3.63) is 58.9 Å². The average Bonchev–Trinajstić information content (AvgIpc) is 3.32. The van der Waals surface area contributed by atoms with Gasteiger partial charge < -0.3 is 4.52 Å². The van der Waals surface area contributed by atoms with E-state index in [2.05, 4.69) is 14.9 Å². The highest BCUT2D eigenvalue weighted by Crippen LogP contribution is 2.39. The first-order valence-corrected chi connectivity index (χ1v) is 10.0. The maximum absolute atomic E-state index is 12.8. The first kappa shape index (κ1) is 17.1. The van der Waals surface area contributed by atoms with Crippen LogP contribution in [-0.4, -0.2) is 18.6 Å². The molecule has 2 aromatic carbocycles. The van der Waals surface area contributed by atoms with Crippen LogP contribution in [0.15, 0.2) is 51.9 Å². The Morgan fingerprint density at radius 1 is 1.19 bits per heavy atom. The van der Waals surface area contributed by atoms with Gasteiger partial charge in [-0.1, -0.05) is 35.0 Å². The molecule has 1 fully saturated rings. The number of aromatic nitrogens is 2. The Hall–Kier alpha value is -2.38. The summed E-state index contributed by atoms with van der Waals surface area (Å²) in [7, 11) is -3.78. The van der Waals surface area contributed by atoms with E-state index in [9.17, 15) is 8.42 Å². The van der Waals surface area contributed by atoms with Crippen molar-refractivity contribution in [3.63, 3.8) is 0 Å². The van der Waals surface area contributed by atoms with Crippen molar-refractivity contribution in [2.24, 2.45) is 0 Å². The van der Waals surface area contributed by atoms with Gasteiger partial charge in [0.25, 0.3) is 10.0 Å². The van der Waals surface area contributed by atoms with E-state index >= 15 is 0 Å². The van der Waals surface area contributed by atoms with Crippen molar-refractivity contribution in [2.45, 2.75) is 30.6 Å². The number of hydrogen-bond acceptors (Lipinski definition) is 5. The normalized spacial score (nSPS) is 14.4. The van der Waals surface area contributed by atoms with Gasteiger partial charge in [0, 0.05) is 16.5 Å². The second-order valence-electron chi connectivity index (χ2n) is 6.33. The lowest BCUT2D eigenvalue weighted by molar-refractivity contribution is 0.380. The van der Waals surface area contributed by atoms with E-state index in [1.54, 1.807) is 49.4 Å². The Morgan fingerprint density at radius 3 is 2.73 bits per heavy atom. The molecule has 0 spiro atoms. The van der Waals surface area contributed by atoms with E-state index in [-0.39, 0.29) is 4.90 Å². The summed E-state index contributed by atoms with van der Waals surface area (Å²) in [5.41, 5.74) is 1.62. The first-order valence-electron chi connectivity index (χ1n) is 8.15. The molecular formula is C18H16ClN3O3S. The fraction of sp³-hybridized carbons (Fsp3) is 0.222. The number of hydrogen-bond donors (Lipinski definition) is 1. The summed E-state index contributed by atoms with van der Waals surface area (Å²) in [5, 5.41) is 4.43. The zero-order valence-electron chi connectivity index (χ0n) is 13.9. The van der Waals surface area contributed by atoms with Gasteiger partial charge in [0.15, 0.2) is 0 Å². The van der Waals surface area contributed by atoms with E-state index in [0.717, 1.165) is 12.8 Å². The summed E-state index contributed by atoms with van der Waals surface area (Å²) < 4.78 is 33.5. The number of nitrogens with one attached hydrogen (secondary N) is 1. The second-order valence-corrected chi connectivity index (χ2v) is 8.41. The molecule has 0 saturated heterocycles. The van der Waals surface area contributed by atoms with Gasteiger partial charge >= 0.3 is 0 Å². The lowest BCUT2D eigenvalue weighted by atomic mass is 10.1. The van der Waals surface area contributed by atoms with E-state index in [0.29, 0.717) is 39.5 Å². The van der Waals surface area contributed by atoms with Gasteiger partial charge in [0.05, 0.1) is 10.6 Å². The van der Waals surface area contributed by atoms with Crippen molar-refractivity contribution < 1.29 is 12.9 Å². The maximum atomic E-state index is 12.8. The third-order valence-electron chi connectivity index (χ3n) is 4.18. The third-order valence-corrected chi connectivity index (χ3v) is 5.94. The Balaban J connectivity index is 1.68. The van der Waals surface area contributed by atoms with Crippen molar-refractivity contribution in [1.82, 2.24) is 10.1 Å². The van der Waals surface area contributed by atoms with Crippen LogP contribution in [0.1, 0.15) is 30.2 Å². The minimum absolute atomic E-state index is 0.160. The SMILES string of the molecule is Cc1ccc(-c2noc(C3CC3)n2)cc1S(=O)(=O)Nc1cccc(Cl)c1. The second kappa shape index (κ2) is 6.41. The molecule has 1 aromatic heterocycles. The van der Waals surface area contributed by atoms with Gasteiger partial charge in [-0.2, -0.15) is 4.98 Å². The number of nitrogens with zero attached hydrogens (tertiary/aromatic N) is 2. The van der Waals surface area contributed by atoms with Crippen molar-refractivity contribution in [2.75, 3.05) is 4.72 Å². The van der Waals surface area contributed by atoms with E-state index < -0.39 is 10.0 Å². The highest BCUT2D eigenvalue weighted by molar-refractivity contribution is 7.92. The monoisotopic (exact) mass is 389 g/mol. The summed E-state index contributed by atoms with van der Waals surface area (Å²) in [5.74, 6) is 1.35. The molecule has 3 aromatic rings. The molecule has 1 aliphatic carbocycles. The highest BCUT2D eigenvalue weighted by atomic mass is 35.5. The lowest BCUT2D eigenvalue weighted by Gasteiger charge is -2.11. The van der Waals surface area contributed by atoms with Gasteiger partial charge in [-0.15, -0.1) is 0 Å². The number of anilines is 1. The van der Waals surface area contributed by atoms with Crippen molar-refractivity contribution in [3.8, 4) is 11.4 Å². The van der Waals surface area contributed by atoms with Gasteiger partial charge in [-0.05, 0) is 49.6 Å². The number of benzene rings is 2. The van der Waals surface area contributed by atoms with E-state index in [1.807, 2.05) is 0 Å². The highest BCUT2D eigenvalue weighted by Gasteiger charge is 2.30. The Kier molecular flexibility index (Phi) is 4.20. The van der Waals surface area contributed by atoms with Crippen molar-refractivity contribution >= 4 is 27.3 Å². The molecule has 8 heteroatoms. The van der Waals surface area contributed by atoms with Crippen LogP contribution in [0.3, 0.4) is 0 Å². The number of halogens is 1. The molecule has 0 bridgehead atoms. The molecule has 4 rings (SSSR count). The van der Waals surface area contributed by atoms with Gasteiger partial charge in [-0.3, -0.25) is 4.72 Å². The molecule has 0 amide bonds. The van der Waals surface area contributed by atoms with Crippen LogP contribution in [0.25, 0.3) is 11.4 Å². The Morgan fingerprint density at radius 2 is 2.00 bits per heavy atom. The predicted octanol–water partition coefficient (Wildman–Crippen LogP) is 4.38. The molecule has 1 saturated carbocycles. The average molecular weight is 390 g/mol. The van der Waals surface area contributed by atoms with Crippen LogP contribution in [-0.2, 0) is 10.0 Å². The van der Waals surface area contributed by atoms with Crippen LogP contribution in [0.4, 0.5) is 5.69 Å². The van der Waals surface area contributed by atoms with Crippen LogP contribution in [0, 0.1) is 6.92 Å². The number of sulfonamides is 1. The third kappa shape index (κ3) is 3.45. The molecule has 1 aliphatic rings. The molecule has 1 heterocycles. The first-order chi connectivity index (χ1) is 12.4. The van der Waals surface area contributed by atoms with Crippen LogP contribution < -0.4 is 4.72 Å². The summed E-state index contributed by atoms with van der Waals surface area (Å²) in [6.45, 7) is 1.74. The summed E-state index contributed by atoms with van der Waals surface area (Å²) in [6, 6.07) is 11.6. The fourth-order valence-electron chi connectivity index (χ4n) is 2.64. The smallest absolute Gasteiger partial charge is 0.262 e. The molecule has 0 aliphatic heterocycles. The molecule has 26 heavy (non-hydrogen) atoms. The summed E-state index contributed by atoms with van der Waals surface area (Å²) in [6.07, 6.45) is 2.11. The van der Waals surface area contributed by atoms with Gasteiger partial charge in [0.1, 0.15) is 0 Å². The quantitative estimate of drug-likeness (QED) is 0.700. The topological polar surface area (TPSA) is 85.1 Å². The summed E-state index contributed by atoms with van der Waals surface area (Å²) in [4.78, 5) is 4.54. The fourth-order valence-corrected chi connectivity index (χ4v) is 4.15. The van der Waals surface area contributed by atoms with E-state index in [1.165, 1.54) is 0 Å². The minimum Gasteiger partial charge on any atom is -0.339 e. The van der Waals surface area contributed by atoms with Crippen LogP contribution in [0.5, 0.6) is 0 Å². The number of aryl methyl sites for hydroxylation is 1. The number of rotatable bonds is 5. The lowest BCUT2D eigenvalue weighted by Crippen LogP contribution is -2.14. The van der Waals surface area contributed by atoms with E-state index in [4.69, 9.17) is 16.1 Å². The maximum Gasteiger partial charge on any atom is 0.262 e. The summed E-state index contributed by atoms with van der Waals surface area (Å²) >= 11 is 5.93. The van der Waals surface area contributed by atoms with Crippen LogP contribution in [0.2, 0.25) is 5.02 Å². The molecular weight excluding hydrogens is 374 g/mol. The zero-order chi connectivity index (χ0) is 18.3. The van der Waals surface area contributed by atoms with Gasteiger partial charge in [0.2, 0.25) is 11.7 Å². The standard InChI is InChI=1S/C18H16ClN3O3S/c1-11-5-6-13(17-20-18(25-21-17)12-7-8-12)9-16(11)26(23,24)22-15-4-2-3-14(19)10-15/h2-6,9-10,12,22H,7-8H2,1H3. The van der Waals surface area contributed by atoms with Gasteiger partial charge in [-0.25, -0.2) is 8.42 Å².